The third-order valence-corrected chi connectivity index (χ3v) is 3.52. The van der Waals surface area contributed by atoms with Crippen LogP contribution in [0.15, 0.2) is 16.7 Å². The lowest BCUT2D eigenvalue weighted by Gasteiger charge is -1.96. The second-order valence-electron chi connectivity index (χ2n) is 2.66. The number of aromatic nitrogens is 3. The highest BCUT2D eigenvalue weighted by Gasteiger charge is 2.07. The van der Waals surface area contributed by atoms with E-state index in [9.17, 15) is 0 Å². The Hall–Kier alpha value is -0.520. The molecular formula is C8H5BrClN3S. The largest absolute Gasteiger partial charge is 0.235 e. The summed E-state index contributed by atoms with van der Waals surface area (Å²) in [7, 11) is 0. The van der Waals surface area contributed by atoms with Crippen LogP contribution in [0.2, 0.25) is 5.15 Å². The second-order valence-corrected chi connectivity index (χ2v) is 4.68. The first-order chi connectivity index (χ1) is 6.66. The molecule has 3 nitrogen and oxygen atoms in total. The van der Waals surface area contributed by atoms with Gasteiger partial charge in [-0.25, -0.2) is 9.97 Å². The topological polar surface area (TPSA) is 38.7 Å². The Morgan fingerprint density at radius 3 is 2.86 bits per heavy atom. The fraction of sp³-hybridized carbons (Fsp3) is 0.125. The molecule has 0 radical (unpaired) electrons. The van der Waals surface area contributed by atoms with Gasteiger partial charge in [-0.2, -0.15) is 4.37 Å². The minimum absolute atomic E-state index is 0.418. The van der Waals surface area contributed by atoms with Crippen LogP contribution in [-0.4, -0.2) is 14.3 Å². The van der Waals surface area contributed by atoms with Gasteiger partial charge in [-0.1, -0.05) is 11.6 Å². The van der Waals surface area contributed by atoms with Crippen molar-refractivity contribution < 1.29 is 0 Å². The van der Waals surface area contributed by atoms with E-state index in [4.69, 9.17) is 11.6 Å². The van der Waals surface area contributed by atoms with E-state index in [2.05, 4.69) is 30.3 Å². The van der Waals surface area contributed by atoms with E-state index in [1.807, 2.05) is 13.0 Å². The number of hydrogen-bond donors (Lipinski definition) is 0. The molecule has 14 heavy (non-hydrogen) atoms. The minimum atomic E-state index is 0.418. The van der Waals surface area contributed by atoms with Crippen LogP contribution >= 0.6 is 39.1 Å². The summed E-state index contributed by atoms with van der Waals surface area (Å²) in [5.74, 6) is 0.615. The van der Waals surface area contributed by atoms with Crippen LogP contribution in [0.3, 0.4) is 0 Å². The van der Waals surface area contributed by atoms with E-state index >= 15 is 0 Å². The molecule has 72 valence electrons. The minimum Gasteiger partial charge on any atom is -0.235 e. The Morgan fingerprint density at radius 1 is 1.50 bits per heavy atom. The molecule has 0 aromatic carbocycles. The molecule has 2 rings (SSSR count). The Morgan fingerprint density at radius 2 is 2.29 bits per heavy atom. The molecule has 2 heterocycles. The van der Waals surface area contributed by atoms with Gasteiger partial charge in [0.15, 0.2) is 5.82 Å². The molecule has 0 aliphatic carbocycles. The van der Waals surface area contributed by atoms with Gasteiger partial charge in [-0.15, -0.1) is 0 Å². The summed E-state index contributed by atoms with van der Waals surface area (Å²) in [4.78, 5) is 9.21. The van der Waals surface area contributed by atoms with E-state index in [1.165, 1.54) is 11.5 Å². The van der Waals surface area contributed by atoms with Crippen molar-refractivity contribution in [2.75, 3.05) is 0 Å². The van der Waals surface area contributed by atoms with E-state index in [0.29, 0.717) is 15.5 Å². The lowest BCUT2D eigenvalue weighted by Crippen LogP contribution is -1.87. The number of rotatable bonds is 1. The van der Waals surface area contributed by atoms with Crippen LogP contribution in [0, 0.1) is 6.92 Å². The summed E-state index contributed by atoms with van der Waals surface area (Å²) < 4.78 is 4.85. The first kappa shape index (κ1) is 10.0. The molecule has 6 heteroatoms. The van der Waals surface area contributed by atoms with Crippen molar-refractivity contribution in [3.63, 3.8) is 0 Å². The van der Waals surface area contributed by atoms with Gasteiger partial charge < -0.3 is 0 Å². The van der Waals surface area contributed by atoms with Crippen LogP contribution in [0.5, 0.6) is 0 Å². The Bertz CT molecular complexity index is 471. The molecule has 0 spiro atoms. The van der Waals surface area contributed by atoms with Gasteiger partial charge in [-0.3, -0.25) is 0 Å². The van der Waals surface area contributed by atoms with Crippen LogP contribution in [0.1, 0.15) is 5.69 Å². The quantitative estimate of drug-likeness (QED) is 0.756. The number of nitrogens with zero attached hydrogens (tertiary/aromatic N) is 3. The molecule has 2 aromatic heterocycles. The fourth-order valence-electron chi connectivity index (χ4n) is 0.934. The molecule has 0 atom stereocenters. The SMILES string of the molecule is Cc1cc(-c2ncc(Br)c(Cl)n2)sn1. The second kappa shape index (κ2) is 3.92. The van der Waals surface area contributed by atoms with Crippen molar-refractivity contribution >= 4 is 39.1 Å². The summed E-state index contributed by atoms with van der Waals surface area (Å²) in [5.41, 5.74) is 0.965. The standard InChI is InChI=1S/C8H5BrClN3S/c1-4-2-6(14-13-4)8-11-3-5(9)7(10)12-8/h2-3H,1H3. The molecule has 2 aromatic rings. The molecule has 0 bridgehead atoms. The highest BCUT2D eigenvalue weighted by molar-refractivity contribution is 9.10. The van der Waals surface area contributed by atoms with Gasteiger partial charge in [-0.05, 0) is 40.5 Å². The predicted octanol–water partition coefficient (Wildman–Crippen LogP) is 3.32. The fourth-order valence-corrected chi connectivity index (χ4v) is 1.95. The van der Waals surface area contributed by atoms with Crippen molar-refractivity contribution in [3.8, 4) is 10.7 Å². The first-order valence-electron chi connectivity index (χ1n) is 3.78. The van der Waals surface area contributed by atoms with Crippen LogP contribution < -0.4 is 0 Å². The maximum Gasteiger partial charge on any atom is 0.172 e. The molecule has 0 amide bonds. The summed E-state index contributed by atoms with van der Waals surface area (Å²) in [6.45, 7) is 1.93. The average Bonchev–Trinajstić information content (AvgIpc) is 2.57. The van der Waals surface area contributed by atoms with Gasteiger partial charge in [0, 0.05) is 6.20 Å². The maximum atomic E-state index is 5.86. The van der Waals surface area contributed by atoms with E-state index in [1.54, 1.807) is 6.20 Å². The van der Waals surface area contributed by atoms with E-state index in [-0.39, 0.29) is 0 Å². The Labute approximate surface area is 98.5 Å². The number of halogens is 2. The zero-order valence-electron chi connectivity index (χ0n) is 7.16. The zero-order chi connectivity index (χ0) is 10.1. The lowest BCUT2D eigenvalue weighted by atomic mass is 10.4. The first-order valence-corrected chi connectivity index (χ1v) is 5.73. The predicted molar refractivity (Wildman–Crippen MR) is 60.6 cm³/mol. The summed E-state index contributed by atoms with van der Waals surface area (Å²) in [6, 6.07) is 1.93. The third kappa shape index (κ3) is 1.94. The molecular weight excluding hydrogens is 286 g/mol. The van der Waals surface area contributed by atoms with Crippen LogP contribution in [0.25, 0.3) is 10.7 Å². The van der Waals surface area contributed by atoms with E-state index in [0.717, 1.165) is 10.6 Å². The average molecular weight is 291 g/mol. The van der Waals surface area contributed by atoms with Gasteiger partial charge in [0.05, 0.1) is 15.0 Å². The summed E-state index contributed by atoms with van der Waals surface area (Å²) >= 11 is 10.5. The van der Waals surface area contributed by atoms with Crippen molar-refractivity contribution in [2.45, 2.75) is 6.92 Å². The maximum absolute atomic E-state index is 5.86. The van der Waals surface area contributed by atoms with E-state index < -0.39 is 0 Å². The van der Waals surface area contributed by atoms with Crippen LogP contribution in [0.4, 0.5) is 0 Å². The number of aryl methyl sites for hydroxylation is 1. The summed E-state index contributed by atoms with van der Waals surface area (Å²) in [6.07, 6.45) is 1.64. The molecule has 0 unspecified atom stereocenters. The lowest BCUT2D eigenvalue weighted by molar-refractivity contribution is 1.17. The Kier molecular flexibility index (Phi) is 2.80. The highest BCUT2D eigenvalue weighted by atomic mass is 79.9. The van der Waals surface area contributed by atoms with Crippen molar-refractivity contribution in [2.24, 2.45) is 0 Å². The molecule has 0 aliphatic heterocycles. The Balaban J connectivity index is 2.47. The highest BCUT2D eigenvalue weighted by Crippen LogP contribution is 2.25. The molecule has 0 N–H and O–H groups in total. The van der Waals surface area contributed by atoms with Gasteiger partial charge in [0.2, 0.25) is 0 Å². The normalized spacial score (nSPS) is 10.5. The smallest absolute Gasteiger partial charge is 0.172 e. The third-order valence-electron chi connectivity index (χ3n) is 1.55. The summed E-state index contributed by atoms with van der Waals surface area (Å²) in [5, 5.41) is 0.418. The van der Waals surface area contributed by atoms with Gasteiger partial charge >= 0.3 is 0 Å². The van der Waals surface area contributed by atoms with Gasteiger partial charge in [0.25, 0.3) is 0 Å². The molecule has 0 saturated heterocycles. The van der Waals surface area contributed by atoms with Gasteiger partial charge in [0.1, 0.15) is 5.15 Å². The van der Waals surface area contributed by atoms with Crippen LogP contribution in [-0.2, 0) is 0 Å². The number of hydrogen-bond acceptors (Lipinski definition) is 4. The zero-order valence-corrected chi connectivity index (χ0v) is 10.3. The monoisotopic (exact) mass is 289 g/mol. The van der Waals surface area contributed by atoms with Crippen molar-refractivity contribution in [1.29, 1.82) is 0 Å². The molecule has 0 aliphatic rings. The van der Waals surface area contributed by atoms with Crippen molar-refractivity contribution in [1.82, 2.24) is 14.3 Å². The molecule has 0 saturated carbocycles. The van der Waals surface area contributed by atoms with Crippen molar-refractivity contribution in [3.05, 3.63) is 27.6 Å². The molecule has 0 fully saturated rings.